The van der Waals surface area contributed by atoms with Crippen LogP contribution in [0.4, 0.5) is 4.39 Å². The van der Waals surface area contributed by atoms with Gasteiger partial charge in [0.25, 0.3) is 5.56 Å². The van der Waals surface area contributed by atoms with Crippen LogP contribution in [0.15, 0.2) is 92.3 Å². The van der Waals surface area contributed by atoms with Crippen LogP contribution in [0.1, 0.15) is 12.5 Å². The number of nitrogens with one attached hydrogen (secondary N) is 1. The summed E-state index contributed by atoms with van der Waals surface area (Å²) in [5.41, 5.74) is 0.349. The van der Waals surface area contributed by atoms with Crippen molar-refractivity contribution in [1.29, 1.82) is 0 Å². The third kappa shape index (κ3) is 7.46. The first-order valence-electron chi connectivity index (χ1n) is 11.9. The summed E-state index contributed by atoms with van der Waals surface area (Å²) in [6.45, 7) is 1.20. The summed E-state index contributed by atoms with van der Waals surface area (Å²) in [6, 6.07) is 19.7. The van der Waals surface area contributed by atoms with E-state index in [4.69, 9.17) is 11.6 Å². The molecule has 1 atom stereocenters. The largest absolute Gasteiger partial charge is 0.331 e. The second kappa shape index (κ2) is 12.2. The third-order valence-corrected chi connectivity index (χ3v) is 7.55. The Balaban J connectivity index is 1.72. The van der Waals surface area contributed by atoms with Crippen LogP contribution in [-0.2, 0) is 27.9 Å². The third-order valence-electron chi connectivity index (χ3n) is 5.78. The van der Waals surface area contributed by atoms with Crippen LogP contribution in [0.2, 0.25) is 5.02 Å². The number of amides is 1. The van der Waals surface area contributed by atoms with Gasteiger partial charge in [-0.2, -0.15) is 4.39 Å². The van der Waals surface area contributed by atoms with Gasteiger partial charge in [-0.05, 0) is 47.5 Å². The number of hydrogen-bond acceptors (Lipinski definition) is 7. The van der Waals surface area contributed by atoms with E-state index >= 15 is 0 Å². The number of carbonyl (C=O) groups excluding carboxylic acids is 1. The van der Waals surface area contributed by atoms with Gasteiger partial charge in [0, 0.05) is 22.5 Å². The number of carbonyl (C=O) groups is 1. The zero-order valence-corrected chi connectivity index (χ0v) is 23.8. The molecule has 0 aliphatic carbocycles. The Hall–Kier alpha value is -3.74. The summed E-state index contributed by atoms with van der Waals surface area (Å²) in [5, 5.41) is 0.997. The van der Waals surface area contributed by atoms with Crippen molar-refractivity contribution in [2.75, 3.05) is 6.26 Å². The molecule has 0 aliphatic rings. The number of nitrogens with zero attached hydrogens (tertiary/aromatic N) is 3. The molecule has 4 rings (SSSR count). The second-order valence-corrected chi connectivity index (χ2v) is 12.3. The van der Waals surface area contributed by atoms with Gasteiger partial charge < -0.3 is 0 Å². The van der Waals surface area contributed by atoms with Crippen LogP contribution in [-0.4, -0.2) is 34.7 Å². The van der Waals surface area contributed by atoms with Crippen molar-refractivity contribution in [3.05, 3.63) is 110 Å². The number of benzene rings is 2. The fourth-order valence-corrected chi connectivity index (χ4v) is 5.34. The van der Waals surface area contributed by atoms with E-state index in [1.165, 1.54) is 35.4 Å². The monoisotopic (exact) mass is 602 g/mol. The molecule has 2 aromatic heterocycles. The van der Waals surface area contributed by atoms with Crippen LogP contribution in [0.5, 0.6) is 0 Å². The van der Waals surface area contributed by atoms with Gasteiger partial charge in [-0.15, -0.1) is 0 Å². The minimum Gasteiger partial charge on any atom is -0.289 e. The zero-order chi connectivity index (χ0) is 29.0. The van der Waals surface area contributed by atoms with E-state index in [2.05, 4.69) is 4.98 Å². The van der Waals surface area contributed by atoms with Crippen molar-refractivity contribution in [2.24, 2.45) is 5.92 Å². The topological polar surface area (TPSA) is 120 Å². The highest BCUT2D eigenvalue weighted by molar-refractivity contribution is 7.99. The van der Waals surface area contributed by atoms with E-state index < -0.39 is 39.0 Å². The standard InChI is InChI=1S/C27H24ClFN4O5S2/c1-17(26(35)31-40(2,37)38)15-33-25(34)14-22(32(27(33)36)16-18-6-10-20(28)11-7-18)19-8-12-21(13-9-19)39-24-5-3-4-23(29)30-24/h3-14,17H,15-16H2,1-2H3,(H,31,35)/t17-/m0/s1. The van der Waals surface area contributed by atoms with E-state index in [0.29, 0.717) is 21.3 Å². The number of sulfonamides is 1. The molecule has 2 heterocycles. The molecule has 40 heavy (non-hydrogen) atoms. The lowest BCUT2D eigenvalue weighted by atomic mass is 10.1. The van der Waals surface area contributed by atoms with Gasteiger partial charge in [-0.1, -0.05) is 60.6 Å². The summed E-state index contributed by atoms with van der Waals surface area (Å²) in [6.07, 6.45) is 0.843. The Labute approximate surface area is 238 Å². The molecule has 0 unspecified atom stereocenters. The number of aromatic nitrogens is 3. The van der Waals surface area contributed by atoms with Gasteiger partial charge >= 0.3 is 5.69 Å². The molecule has 1 amide bonds. The summed E-state index contributed by atoms with van der Waals surface area (Å²) >= 11 is 7.27. The second-order valence-electron chi connectivity index (χ2n) is 9.04. The minimum atomic E-state index is -3.81. The molecule has 0 bridgehead atoms. The quantitative estimate of drug-likeness (QED) is 0.290. The SMILES string of the molecule is C[C@@H](Cn1c(=O)cc(-c2ccc(Sc3cccc(F)n3)cc2)n(Cc2ccc(Cl)cc2)c1=O)C(=O)NS(C)(=O)=O. The molecule has 1 N–H and O–H groups in total. The summed E-state index contributed by atoms with van der Waals surface area (Å²) in [5.74, 6) is -2.40. The normalized spacial score (nSPS) is 12.2. The predicted molar refractivity (Wildman–Crippen MR) is 151 cm³/mol. The van der Waals surface area contributed by atoms with Crippen molar-refractivity contribution < 1.29 is 17.6 Å². The molecular weight excluding hydrogens is 579 g/mol. The molecule has 9 nitrogen and oxygen atoms in total. The molecule has 4 aromatic rings. The molecule has 13 heteroatoms. The molecule has 208 valence electrons. The van der Waals surface area contributed by atoms with Gasteiger partial charge in [0.2, 0.25) is 21.9 Å². The van der Waals surface area contributed by atoms with Crippen molar-refractivity contribution in [2.45, 2.75) is 29.9 Å². The summed E-state index contributed by atoms with van der Waals surface area (Å²) in [7, 11) is -3.81. The van der Waals surface area contributed by atoms with Crippen molar-refractivity contribution in [3.63, 3.8) is 0 Å². The first-order valence-corrected chi connectivity index (χ1v) is 15.0. The highest BCUT2D eigenvalue weighted by Crippen LogP contribution is 2.28. The fraction of sp³-hybridized carbons (Fsp3) is 0.185. The van der Waals surface area contributed by atoms with E-state index in [1.807, 2.05) is 4.72 Å². The van der Waals surface area contributed by atoms with E-state index in [0.717, 1.165) is 21.3 Å². The van der Waals surface area contributed by atoms with Crippen molar-refractivity contribution in [1.82, 2.24) is 18.8 Å². The van der Waals surface area contributed by atoms with Gasteiger partial charge in [0.05, 0.1) is 24.4 Å². The highest BCUT2D eigenvalue weighted by atomic mass is 35.5. The molecular formula is C27H24ClFN4O5S2. The Morgan fingerprint density at radius 3 is 2.35 bits per heavy atom. The fourth-order valence-electron chi connectivity index (χ4n) is 3.85. The highest BCUT2D eigenvalue weighted by Gasteiger charge is 2.21. The summed E-state index contributed by atoms with van der Waals surface area (Å²) in [4.78, 5) is 43.7. The van der Waals surface area contributed by atoms with E-state index in [-0.39, 0.29) is 13.1 Å². The van der Waals surface area contributed by atoms with Gasteiger partial charge in [0.15, 0.2) is 0 Å². The number of halogens is 2. The van der Waals surface area contributed by atoms with Gasteiger partial charge in [-0.25, -0.2) is 18.2 Å². The van der Waals surface area contributed by atoms with Crippen LogP contribution in [0.25, 0.3) is 11.3 Å². The van der Waals surface area contributed by atoms with Crippen LogP contribution >= 0.6 is 23.4 Å². The maximum Gasteiger partial charge on any atom is 0.331 e. The maximum absolute atomic E-state index is 13.6. The molecule has 0 saturated heterocycles. The maximum atomic E-state index is 13.6. The lowest BCUT2D eigenvalue weighted by molar-refractivity contribution is -0.123. The van der Waals surface area contributed by atoms with Crippen LogP contribution in [0.3, 0.4) is 0 Å². The van der Waals surface area contributed by atoms with Gasteiger partial charge in [0.1, 0.15) is 5.03 Å². The number of pyridine rings is 1. The first-order chi connectivity index (χ1) is 18.9. The number of rotatable bonds is 9. The summed E-state index contributed by atoms with van der Waals surface area (Å²) < 4.78 is 40.6. The Morgan fingerprint density at radius 2 is 1.73 bits per heavy atom. The molecule has 0 spiro atoms. The van der Waals surface area contributed by atoms with Crippen molar-refractivity contribution >= 4 is 39.3 Å². The van der Waals surface area contributed by atoms with E-state index in [9.17, 15) is 27.2 Å². The zero-order valence-electron chi connectivity index (χ0n) is 21.4. The van der Waals surface area contributed by atoms with Crippen LogP contribution < -0.4 is 16.0 Å². The smallest absolute Gasteiger partial charge is 0.289 e. The number of hydrogen-bond donors (Lipinski definition) is 1. The predicted octanol–water partition coefficient (Wildman–Crippen LogP) is 3.78. The average molecular weight is 603 g/mol. The van der Waals surface area contributed by atoms with E-state index in [1.54, 1.807) is 60.7 Å². The Bertz CT molecular complexity index is 1770. The minimum absolute atomic E-state index is 0.0965. The Kier molecular flexibility index (Phi) is 8.92. The lowest BCUT2D eigenvalue weighted by Crippen LogP contribution is -2.44. The first kappa shape index (κ1) is 29.2. The molecule has 0 aliphatic heterocycles. The van der Waals surface area contributed by atoms with Crippen LogP contribution in [0, 0.1) is 11.9 Å². The lowest BCUT2D eigenvalue weighted by Gasteiger charge is -2.18. The average Bonchev–Trinajstić information content (AvgIpc) is 2.88. The van der Waals surface area contributed by atoms with Crippen molar-refractivity contribution in [3.8, 4) is 11.3 Å². The molecule has 0 radical (unpaired) electrons. The Morgan fingerprint density at radius 1 is 1.05 bits per heavy atom. The molecule has 0 fully saturated rings. The molecule has 2 aromatic carbocycles. The van der Waals surface area contributed by atoms with Gasteiger partial charge in [-0.3, -0.25) is 23.4 Å². The molecule has 0 saturated carbocycles.